The first-order valence-electron chi connectivity index (χ1n) is 17.5. The van der Waals surface area contributed by atoms with E-state index in [0.717, 1.165) is 50.5 Å². The zero-order valence-corrected chi connectivity index (χ0v) is 34.0. The predicted molar refractivity (Wildman–Crippen MR) is 222 cm³/mol. The Labute approximate surface area is 331 Å². The van der Waals surface area contributed by atoms with Crippen molar-refractivity contribution in [3.05, 3.63) is 200 Å². The van der Waals surface area contributed by atoms with Crippen molar-refractivity contribution in [2.24, 2.45) is 0 Å². The molecule has 3 nitrogen and oxygen atoms in total. The van der Waals surface area contributed by atoms with E-state index in [1.165, 1.54) is 26.9 Å². The summed E-state index contributed by atoms with van der Waals surface area (Å²) in [4.78, 5) is 0. The van der Waals surface area contributed by atoms with Crippen LogP contribution in [0.25, 0.3) is 0 Å². The second-order valence-electron chi connectivity index (χ2n) is 12.9. The van der Waals surface area contributed by atoms with Gasteiger partial charge >= 0.3 is 0 Å². The molecule has 0 saturated heterocycles. The maximum Gasteiger partial charge on any atom is 0.124 e. The molecule has 6 heteroatoms. The van der Waals surface area contributed by atoms with Crippen molar-refractivity contribution < 1.29 is 31.6 Å². The maximum absolute atomic E-state index is 12.5. The van der Waals surface area contributed by atoms with Gasteiger partial charge in [0.05, 0.1) is 20.3 Å². The summed E-state index contributed by atoms with van der Waals surface area (Å²) in [5.74, 6) is 2.78. The number of aliphatic hydroxyl groups excluding tert-OH is 1. The number of hydrogen-bond acceptors (Lipinski definition) is 3. The molecule has 0 aliphatic heterocycles. The third-order valence-electron chi connectivity index (χ3n) is 9.23. The summed E-state index contributed by atoms with van der Waals surface area (Å²) in [6.45, 7) is 8.44. The topological polar surface area (TPSA) is 38.7 Å². The molecule has 5 aromatic rings. The Morgan fingerprint density at radius 2 is 0.906 bits per heavy atom. The van der Waals surface area contributed by atoms with E-state index in [1.54, 1.807) is 14.2 Å². The Balaban J connectivity index is 0.000000833. The van der Waals surface area contributed by atoms with Crippen molar-refractivity contribution in [2.75, 3.05) is 14.2 Å². The Bertz CT molecular complexity index is 1760. The quantitative estimate of drug-likeness (QED) is 0.114. The van der Waals surface area contributed by atoms with Crippen LogP contribution in [0.15, 0.2) is 109 Å². The van der Waals surface area contributed by atoms with E-state index >= 15 is 0 Å². The summed E-state index contributed by atoms with van der Waals surface area (Å²) < 4.78 is 11.5. The van der Waals surface area contributed by atoms with Gasteiger partial charge in [-0.05, 0) is 174 Å². The largest absolute Gasteiger partial charge is 0.496 e. The Morgan fingerprint density at radius 3 is 1.34 bits per heavy atom. The number of hydrogen-bond donors (Lipinski definition) is 1. The van der Waals surface area contributed by atoms with Gasteiger partial charge in [-0.25, -0.2) is 0 Å². The van der Waals surface area contributed by atoms with Crippen molar-refractivity contribution >= 4 is 42.4 Å². The summed E-state index contributed by atoms with van der Waals surface area (Å²) in [5.41, 5.74) is 6.51. The molecular weight excluding hydrogens is 730 g/mol. The van der Waals surface area contributed by atoms with Gasteiger partial charge in [0.25, 0.3) is 0 Å². The van der Waals surface area contributed by atoms with E-state index in [-0.39, 0.29) is 17.1 Å². The number of aryl methyl sites for hydroxylation is 4. The number of aliphatic hydroxyl groups is 1. The summed E-state index contributed by atoms with van der Waals surface area (Å²) >= 11 is 0. The minimum atomic E-state index is -1.05. The molecule has 0 spiro atoms. The van der Waals surface area contributed by atoms with Crippen LogP contribution in [-0.2, 0) is 17.1 Å². The molecular formula is C47H46FeO3P2. The van der Waals surface area contributed by atoms with E-state index in [0.29, 0.717) is 0 Å². The Kier molecular flexibility index (Phi) is 15.2. The normalized spacial score (nSPS) is 15.2. The van der Waals surface area contributed by atoms with Crippen molar-refractivity contribution in [1.82, 2.24) is 0 Å². The zero-order chi connectivity index (χ0) is 36.6. The SMILES string of the molecule is COc1c(C)cc(P(c2cc(C)c(OC)c(C)c2)c2ccccc2[C@H](O)[C]2[CH][CH][CH][C]2P(c2ccccc2)c2ccccc2)cc1C.[CH]1[CH][CH][CH][CH]1.[Fe]. The number of methoxy groups -OCH3 is 2. The monoisotopic (exact) mass is 776 g/mol. The minimum Gasteiger partial charge on any atom is -0.496 e. The second-order valence-corrected chi connectivity index (χ2v) is 17.2. The first-order valence-corrected chi connectivity index (χ1v) is 20.2. The van der Waals surface area contributed by atoms with Gasteiger partial charge in [-0.15, -0.1) is 0 Å². The minimum absolute atomic E-state index is 0. The number of rotatable bonds is 10. The van der Waals surface area contributed by atoms with Crippen LogP contribution >= 0.6 is 15.8 Å². The van der Waals surface area contributed by atoms with E-state index in [2.05, 4.69) is 150 Å². The van der Waals surface area contributed by atoms with E-state index in [4.69, 9.17) is 9.47 Å². The molecule has 2 fully saturated rings. The van der Waals surface area contributed by atoms with E-state index in [1.807, 2.05) is 38.2 Å². The maximum atomic E-state index is 12.5. The number of benzene rings is 5. The van der Waals surface area contributed by atoms with Gasteiger partial charge in [0.15, 0.2) is 0 Å². The van der Waals surface area contributed by atoms with Crippen LogP contribution < -0.4 is 36.0 Å². The van der Waals surface area contributed by atoms with E-state index in [9.17, 15) is 5.11 Å². The summed E-state index contributed by atoms with van der Waals surface area (Å²) in [7, 11) is 1.54. The molecule has 7 rings (SSSR count). The molecule has 2 aliphatic rings. The molecule has 1 N–H and O–H groups in total. The van der Waals surface area contributed by atoms with Gasteiger partial charge in [-0.1, -0.05) is 84.9 Å². The summed E-state index contributed by atoms with van der Waals surface area (Å²) in [6.07, 6.45) is 15.6. The van der Waals surface area contributed by atoms with Crippen LogP contribution in [-0.4, -0.2) is 19.3 Å². The fraction of sp³-hybridized carbons (Fsp3) is 0.149. The smallest absolute Gasteiger partial charge is 0.124 e. The van der Waals surface area contributed by atoms with Crippen LogP contribution in [0, 0.1) is 90.6 Å². The standard InChI is InChI=1S/C42H41O3P2.C5H5.Fe/c1-28-24-34(25-29(2)41(28)44-5)47(35-26-30(3)42(45-6)31(4)27-35)38-22-14-13-20-36(38)40(43)37-21-15-23-39(37)46(32-16-9-7-10-17-32)33-18-11-8-12-19-33;1-2-4-5-3-1;/h7-27,40,43H,1-6H3;1-5H;/t40-;;/m0../s1. The van der Waals surface area contributed by atoms with Crippen LogP contribution in [0.1, 0.15) is 33.9 Å². The predicted octanol–water partition coefficient (Wildman–Crippen LogP) is 8.61. The molecule has 10 radical (unpaired) electrons. The van der Waals surface area contributed by atoms with Crippen molar-refractivity contribution in [3.63, 3.8) is 0 Å². The molecule has 2 aliphatic carbocycles. The summed E-state index contributed by atoms with van der Waals surface area (Å²) in [5, 5.41) is 18.6. The molecule has 0 aromatic heterocycles. The molecule has 0 heterocycles. The fourth-order valence-electron chi connectivity index (χ4n) is 7.04. The molecule has 53 heavy (non-hydrogen) atoms. The molecule has 0 amide bonds. The molecule has 2 saturated carbocycles. The van der Waals surface area contributed by atoms with Gasteiger partial charge in [-0.3, -0.25) is 0 Å². The first kappa shape index (κ1) is 41.2. The second kappa shape index (κ2) is 19.6. The molecule has 0 unspecified atom stereocenters. The Morgan fingerprint density at radius 1 is 0.491 bits per heavy atom. The van der Waals surface area contributed by atoms with Gasteiger partial charge in [-0.2, -0.15) is 0 Å². The van der Waals surface area contributed by atoms with Gasteiger partial charge in [0.2, 0.25) is 0 Å². The fourth-order valence-corrected chi connectivity index (χ4v) is 12.4. The molecule has 0 bridgehead atoms. The van der Waals surface area contributed by atoms with Crippen LogP contribution in [0.4, 0.5) is 0 Å². The van der Waals surface area contributed by atoms with Gasteiger partial charge < -0.3 is 14.6 Å². The van der Waals surface area contributed by atoms with Crippen molar-refractivity contribution in [1.29, 1.82) is 0 Å². The molecule has 270 valence electrons. The average molecular weight is 777 g/mol. The first-order chi connectivity index (χ1) is 25.3. The van der Waals surface area contributed by atoms with Crippen LogP contribution in [0.3, 0.4) is 0 Å². The molecule has 1 atom stereocenters. The van der Waals surface area contributed by atoms with Gasteiger partial charge in [0, 0.05) is 28.6 Å². The average Bonchev–Trinajstić information content (AvgIpc) is 3.90. The Hall–Kier alpha value is -2.96. The van der Waals surface area contributed by atoms with E-state index < -0.39 is 21.9 Å². The third-order valence-corrected chi connectivity index (χ3v) is 14.2. The van der Waals surface area contributed by atoms with Crippen molar-refractivity contribution in [2.45, 2.75) is 33.8 Å². The molecule has 5 aromatic carbocycles. The zero-order valence-electron chi connectivity index (χ0n) is 31.1. The summed E-state index contributed by atoms with van der Waals surface area (Å²) in [6, 6.07) is 38.8. The third kappa shape index (κ3) is 9.47. The number of ether oxygens (including phenoxy) is 2. The van der Waals surface area contributed by atoms with Crippen molar-refractivity contribution in [3.8, 4) is 11.5 Å². The van der Waals surface area contributed by atoms with Crippen LogP contribution in [0.2, 0.25) is 0 Å². The van der Waals surface area contributed by atoms with Gasteiger partial charge in [0.1, 0.15) is 11.5 Å². The van der Waals surface area contributed by atoms with Crippen LogP contribution in [0.5, 0.6) is 11.5 Å².